The van der Waals surface area contributed by atoms with Crippen LogP contribution in [0.4, 0.5) is 0 Å². The molecule has 0 fully saturated rings. The van der Waals surface area contributed by atoms with Crippen molar-refractivity contribution in [1.29, 1.82) is 0 Å². The number of rotatable bonds is 0. The first-order valence-corrected chi connectivity index (χ1v) is 3.62. The smallest absolute Gasteiger partial charge is 0.241 e. The highest BCUT2D eigenvalue weighted by Crippen LogP contribution is 1.97. The SMILES string of the molecule is CC(NC(C)(C)C)=[N+](C)C.[Cl-]. The number of nitrogens with zero attached hydrogens (tertiary/aromatic N) is 1. The van der Waals surface area contributed by atoms with Gasteiger partial charge < -0.3 is 12.4 Å². The topological polar surface area (TPSA) is 15.0 Å². The van der Waals surface area contributed by atoms with Gasteiger partial charge >= 0.3 is 0 Å². The Balaban J connectivity index is 0. The Kier molecular flexibility index (Phi) is 5.59. The fraction of sp³-hybridized carbons (Fsp3) is 0.875. The first kappa shape index (κ1) is 13.4. The predicted octanol–water partition coefficient (Wildman–Crippen LogP) is -1.93. The lowest BCUT2D eigenvalue weighted by atomic mass is 10.1. The molecule has 1 N–H and O–H groups in total. The van der Waals surface area contributed by atoms with E-state index in [4.69, 9.17) is 0 Å². The maximum absolute atomic E-state index is 3.36. The van der Waals surface area contributed by atoms with E-state index in [0.29, 0.717) is 0 Å². The second-order valence-electron chi connectivity index (χ2n) is 3.85. The zero-order valence-electron chi connectivity index (χ0n) is 8.33. The summed E-state index contributed by atoms with van der Waals surface area (Å²) in [5.74, 6) is 1.20. The summed E-state index contributed by atoms with van der Waals surface area (Å²) in [5, 5.41) is 3.36. The molecule has 0 saturated carbocycles. The molecule has 11 heavy (non-hydrogen) atoms. The van der Waals surface area contributed by atoms with Gasteiger partial charge in [-0.2, -0.15) is 0 Å². The van der Waals surface area contributed by atoms with E-state index >= 15 is 0 Å². The zero-order valence-corrected chi connectivity index (χ0v) is 9.08. The van der Waals surface area contributed by atoms with Crippen LogP contribution in [0, 0.1) is 0 Å². The molecular formula is C8H19ClN2. The standard InChI is InChI=1S/C8H18N2.ClH/c1-7(10(5)6)9-8(2,3)4;/h1-6H3;1H. The van der Waals surface area contributed by atoms with Crippen LogP contribution in [0.3, 0.4) is 0 Å². The van der Waals surface area contributed by atoms with Crippen LogP contribution in [-0.2, 0) is 0 Å². The fourth-order valence-electron chi connectivity index (χ4n) is 0.655. The molecule has 3 heteroatoms. The van der Waals surface area contributed by atoms with Crippen LogP contribution in [0.25, 0.3) is 0 Å². The highest BCUT2D eigenvalue weighted by molar-refractivity contribution is 5.74. The summed E-state index contributed by atoms with van der Waals surface area (Å²) in [6, 6.07) is 0. The molecule has 0 aromatic heterocycles. The fourth-order valence-corrected chi connectivity index (χ4v) is 0.655. The third-order valence-electron chi connectivity index (χ3n) is 1.23. The third kappa shape index (κ3) is 7.66. The van der Waals surface area contributed by atoms with Crippen LogP contribution < -0.4 is 17.7 Å². The molecule has 0 aliphatic heterocycles. The monoisotopic (exact) mass is 178 g/mol. The highest BCUT2D eigenvalue weighted by Gasteiger charge is 2.15. The van der Waals surface area contributed by atoms with Gasteiger partial charge in [0.2, 0.25) is 5.84 Å². The van der Waals surface area contributed by atoms with Crippen LogP contribution in [0.2, 0.25) is 0 Å². The summed E-state index contributed by atoms with van der Waals surface area (Å²) >= 11 is 0. The maximum Gasteiger partial charge on any atom is 0.241 e. The molecule has 0 aliphatic carbocycles. The molecule has 68 valence electrons. The maximum atomic E-state index is 3.36. The van der Waals surface area contributed by atoms with Crippen molar-refractivity contribution >= 4 is 5.84 Å². The van der Waals surface area contributed by atoms with Crippen LogP contribution >= 0.6 is 0 Å². The average Bonchev–Trinajstić information content (AvgIpc) is 1.60. The van der Waals surface area contributed by atoms with E-state index in [9.17, 15) is 0 Å². The Morgan fingerprint density at radius 1 is 1.18 bits per heavy atom. The number of hydrogen-bond donors (Lipinski definition) is 1. The Bertz CT molecular complexity index is 141. The minimum atomic E-state index is 0. The van der Waals surface area contributed by atoms with Crippen molar-refractivity contribution in [3.63, 3.8) is 0 Å². The van der Waals surface area contributed by atoms with Crippen molar-refractivity contribution in [2.24, 2.45) is 0 Å². The Morgan fingerprint density at radius 3 is 1.64 bits per heavy atom. The molecule has 0 radical (unpaired) electrons. The molecule has 0 spiro atoms. The molecule has 0 unspecified atom stereocenters. The second kappa shape index (κ2) is 4.60. The summed E-state index contributed by atoms with van der Waals surface area (Å²) in [4.78, 5) is 0. The van der Waals surface area contributed by atoms with Crippen molar-refractivity contribution in [2.45, 2.75) is 33.2 Å². The normalized spacial score (nSPS) is 10.0. The second-order valence-corrected chi connectivity index (χ2v) is 3.85. The largest absolute Gasteiger partial charge is 1.00 e. The summed E-state index contributed by atoms with van der Waals surface area (Å²) in [6.07, 6.45) is 0. The Labute approximate surface area is 76.1 Å². The van der Waals surface area contributed by atoms with Crippen molar-refractivity contribution in [3.8, 4) is 0 Å². The van der Waals surface area contributed by atoms with Crippen molar-refractivity contribution < 1.29 is 17.0 Å². The molecule has 0 saturated heterocycles. The molecule has 0 atom stereocenters. The molecule has 0 amide bonds. The number of amidine groups is 1. The first-order valence-electron chi connectivity index (χ1n) is 3.62. The predicted molar refractivity (Wildman–Crippen MR) is 45.7 cm³/mol. The van der Waals surface area contributed by atoms with E-state index in [2.05, 4.69) is 37.6 Å². The van der Waals surface area contributed by atoms with E-state index in [1.165, 1.54) is 5.84 Å². The van der Waals surface area contributed by atoms with Crippen molar-refractivity contribution in [1.82, 2.24) is 5.32 Å². The summed E-state index contributed by atoms with van der Waals surface area (Å²) in [6.45, 7) is 8.53. The van der Waals surface area contributed by atoms with Gasteiger partial charge in [0.25, 0.3) is 0 Å². The third-order valence-corrected chi connectivity index (χ3v) is 1.23. The summed E-state index contributed by atoms with van der Waals surface area (Å²) in [7, 11) is 4.07. The van der Waals surface area contributed by atoms with Gasteiger partial charge in [0.15, 0.2) is 0 Å². The minimum absolute atomic E-state index is 0. The highest BCUT2D eigenvalue weighted by atomic mass is 35.5. The van der Waals surface area contributed by atoms with E-state index in [0.717, 1.165) is 0 Å². The first-order chi connectivity index (χ1) is 4.33. The summed E-state index contributed by atoms with van der Waals surface area (Å²) in [5.41, 5.74) is 0.175. The number of halogens is 1. The molecule has 0 heterocycles. The minimum Gasteiger partial charge on any atom is -1.00 e. The number of hydrogen-bond acceptors (Lipinski definition) is 0. The summed E-state index contributed by atoms with van der Waals surface area (Å²) < 4.78 is 2.07. The van der Waals surface area contributed by atoms with E-state index < -0.39 is 0 Å². The van der Waals surface area contributed by atoms with Gasteiger partial charge in [0.05, 0.1) is 19.6 Å². The van der Waals surface area contributed by atoms with Crippen molar-refractivity contribution in [3.05, 3.63) is 0 Å². The molecular weight excluding hydrogens is 160 g/mol. The van der Waals surface area contributed by atoms with Crippen molar-refractivity contribution in [2.75, 3.05) is 14.1 Å². The van der Waals surface area contributed by atoms with Crippen LogP contribution in [0.5, 0.6) is 0 Å². The van der Waals surface area contributed by atoms with Crippen LogP contribution in [0.15, 0.2) is 0 Å². The van der Waals surface area contributed by atoms with Gasteiger partial charge in [0, 0.05) is 6.92 Å². The van der Waals surface area contributed by atoms with E-state index in [-0.39, 0.29) is 17.9 Å². The van der Waals surface area contributed by atoms with Gasteiger partial charge in [-0.3, -0.25) is 9.89 Å². The van der Waals surface area contributed by atoms with Gasteiger partial charge in [-0.15, -0.1) is 0 Å². The quantitative estimate of drug-likeness (QED) is 0.260. The Hall–Kier alpha value is -0.240. The van der Waals surface area contributed by atoms with Gasteiger partial charge in [-0.1, -0.05) is 0 Å². The lowest BCUT2D eigenvalue weighted by Crippen LogP contribution is -3.00. The lowest BCUT2D eigenvalue weighted by Gasteiger charge is -2.15. The molecule has 0 rings (SSSR count). The van der Waals surface area contributed by atoms with Crippen LogP contribution in [-0.4, -0.2) is 30.0 Å². The molecule has 0 bridgehead atoms. The molecule has 2 nitrogen and oxygen atoms in total. The van der Waals surface area contributed by atoms with Crippen LogP contribution in [0.1, 0.15) is 27.7 Å². The average molecular weight is 179 g/mol. The zero-order chi connectivity index (χ0) is 8.36. The molecule has 0 aromatic rings. The van der Waals surface area contributed by atoms with E-state index in [1.54, 1.807) is 0 Å². The van der Waals surface area contributed by atoms with Gasteiger partial charge in [-0.05, 0) is 20.8 Å². The molecule has 0 aromatic carbocycles. The molecule has 0 aliphatic rings. The van der Waals surface area contributed by atoms with Gasteiger partial charge in [-0.25, -0.2) is 0 Å². The Morgan fingerprint density at radius 2 is 1.55 bits per heavy atom. The van der Waals surface area contributed by atoms with E-state index in [1.807, 2.05) is 14.1 Å². The van der Waals surface area contributed by atoms with Gasteiger partial charge in [0.1, 0.15) is 0 Å². The lowest BCUT2D eigenvalue weighted by molar-refractivity contribution is -0.467. The number of nitrogens with one attached hydrogen (secondary N) is 1.